The van der Waals surface area contributed by atoms with Gasteiger partial charge in [-0.05, 0) is 24.6 Å². The minimum absolute atomic E-state index is 0.393. The van der Waals surface area contributed by atoms with Crippen molar-refractivity contribution in [1.29, 1.82) is 10.5 Å². The minimum atomic E-state index is 0.393. The molecule has 0 bridgehead atoms. The number of nitrogens with one attached hydrogen (secondary N) is 1. The van der Waals surface area contributed by atoms with Gasteiger partial charge in [-0.15, -0.1) is 12.3 Å². The van der Waals surface area contributed by atoms with Crippen LogP contribution in [0.5, 0.6) is 0 Å². The first-order valence-electron chi connectivity index (χ1n) is 4.93. The van der Waals surface area contributed by atoms with E-state index >= 15 is 0 Å². The highest BCUT2D eigenvalue weighted by Crippen LogP contribution is 2.14. The molecule has 1 aromatic carbocycles. The van der Waals surface area contributed by atoms with Crippen LogP contribution in [-0.2, 0) is 0 Å². The lowest BCUT2D eigenvalue weighted by Crippen LogP contribution is -2.01. The molecule has 1 N–H and O–H groups in total. The van der Waals surface area contributed by atoms with E-state index in [1.54, 1.807) is 18.2 Å². The van der Waals surface area contributed by atoms with Crippen LogP contribution in [0.1, 0.15) is 24.0 Å². The third-order valence-electron chi connectivity index (χ3n) is 2.09. The summed E-state index contributed by atoms with van der Waals surface area (Å²) in [6.07, 6.45) is 6.75. The van der Waals surface area contributed by atoms with Gasteiger partial charge in [0.05, 0.1) is 11.1 Å². The lowest BCUT2D eigenvalue weighted by atomic mass is 10.1. The number of unbranched alkanes of at least 4 members (excludes halogenated alkanes) is 1. The van der Waals surface area contributed by atoms with Gasteiger partial charge in [0.2, 0.25) is 0 Å². The number of rotatable bonds is 4. The van der Waals surface area contributed by atoms with Crippen LogP contribution in [0.25, 0.3) is 0 Å². The van der Waals surface area contributed by atoms with Crippen LogP contribution >= 0.6 is 0 Å². The minimum Gasteiger partial charge on any atom is -0.385 e. The number of anilines is 1. The van der Waals surface area contributed by atoms with E-state index in [1.807, 2.05) is 12.1 Å². The van der Waals surface area contributed by atoms with Gasteiger partial charge in [-0.25, -0.2) is 0 Å². The molecule has 0 saturated heterocycles. The van der Waals surface area contributed by atoms with E-state index in [4.69, 9.17) is 16.9 Å². The van der Waals surface area contributed by atoms with Crippen molar-refractivity contribution in [3.63, 3.8) is 0 Å². The summed E-state index contributed by atoms with van der Waals surface area (Å²) in [5.41, 5.74) is 1.63. The van der Waals surface area contributed by atoms with E-state index in [-0.39, 0.29) is 0 Å². The smallest absolute Gasteiger partial charge is 0.101 e. The van der Waals surface area contributed by atoms with Gasteiger partial charge in [0.25, 0.3) is 0 Å². The van der Waals surface area contributed by atoms with Crippen LogP contribution in [0.2, 0.25) is 0 Å². The quantitative estimate of drug-likeness (QED) is 0.611. The normalized spacial score (nSPS) is 8.56. The fraction of sp³-hybridized carbons (Fsp3) is 0.231. The summed E-state index contributed by atoms with van der Waals surface area (Å²) < 4.78 is 0. The second-order valence-corrected chi connectivity index (χ2v) is 3.22. The molecule has 0 aliphatic heterocycles. The van der Waals surface area contributed by atoms with Crippen molar-refractivity contribution in [3.8, 4) is 24.5 Å². The SMILES string of the molecule is C#CCCCNc1ccc(C#N)c(C#N)c1. The van der Waals surface area contributed by atoms with Crippen molar-refractivity contribution < 1.29 is 0 Å². The van der Waals surface area contributed by atoms with Gasteiger partial charge < -0.3 is 5.32 Å². The molecular weight excluding hydrogens is 198 g/mol. The summed E-state index contributed by atoms with van der Waals surface area (Å²) in [7, 11) is 0. The molecule has 0 amide bonds. The Kier molecular flexibility index (Phi) is 4.45. The highest BCUT2D eigenvalue weighted by molar-refractivity contribution is 5.56. The second kappa shape index (κ2) is 6.12. The highest BCUT2D eigenvalue weighted by Gasteiger charge is 2.01. The van der Waals surface area contributed by atoms with Crippen LogP contribution in [0.15, 0.2) is 18.2 Å². The summed E-state index contributed by atoms with van der Waals surface area (Å²) in [5.74, 6) is 2.56. The third-order valence-corrected chi connectivity index (χ3v) is 2.09. The topological polar surface area (TPSA) is 59.6 Å². The van der Waals surface area contributed by atoms with Gasteiger partial charge in [-0.1, -0.05) is 0 Å². The fourth-order valence-corrected chi connectivity index (χ4v) is 1.27. The number of benzene rings is 1. The second-order valence-electron chi connectivity index (χ2n) is 3.22. The molecule has 0 heterocycles. The first-order valence-corrected chi connectivity index (χ1v) is 4.93. The Morgan fingerprint density at radius 2 is 1.94 bits per heavy atom. The zero-order valence-electron chi connectivity index (χ0n) is 8.83. The van der Waals surface area contributed by atoms with Crippen molar-refractivity contribution in [2.75, 3.05) is 11.9 Å². The summed E-state index contributed by atoms with van der Waals surface area (Å²) in [5, 5.41) is 20.7. The highest BCUT2D eigenvalue weighted by atomic mass is 14.9. The Morgan fingerprint density at radius 3 is 2.56 bits per heavy atom. The average molecular weight is 209 g/mol. The monoisotopic (exact) mass is 209 g/mol. The van der Waals surface area contributed by atoms with E-state index in [0.29, 0.717) is 11.1 Å². The van der Waals surface area contributed by atoms with Gasteiger partial charge in [0.15, 0.2) is 0 Å². The van der Waals surface area contributed by atoms with Crippen molar-refractivity contribution in [2.45, 2.75) is 12.8 Å². The van der Waals surface area contributed by atoms with Crippen LogP contribution < -0.4 is 5.32 Å². The maximum atomic E-state index is 8.83. The molecule has 0 fully saturated rings. The zero-order chi connectivity index (χ0) is 11.8. The maximum Gasteiger partial charge on any atom is 0.101 e. The summed E-state index contributed by atoms with van der Waals surface area (Å²) in [4.78, 5) is 0. The van der Waals surface area contributed by atoms with Crippen LogP contribution in [0.3, 0.4) is 0 Å². The molecule has 0 atom stereocenters. The molecule has 16 heavy (non-hydrogen) atoms. The third kappa shape index (κ3) is 3.05. The van der Waals surface area contributed by atoms with E-state index in [0.717, 1.165) is 25.1 Å². The molecule has 0 aliphatic carbocycles. The first-order chi connectivity index (χ1) is 7.81. The predicted octanol–water partition coefficient (Wildman–Crippen LogP) is 2.26. The van der Waals surface area contributed by atoms with Gasteiger partial charge in [-0.3, -0.25) is 0 Å². The Balaban J connectivity index is 2.67. The van der Waals surface area contributed by atoms with Crippen LogP contribution in [0, 0.1) is 35.0 Å². The fourth-order valence-electron chi connectivity index (χ4n) is 1.27. The maximum absolute atomic E-state index is 8.83. The molecule has 78 valence electrons. The lowest BCUT2D eigenvalue weighted by molar-refractivity contribution is 0.907. The molecule has 0 unspecified atom stereocenters. The molecule has 0 saturated carbocycles. The van der Waals surface area contributed by atoms with Crippen molar-refractivity contribution >= 4 is 5.69 Å². The molecule has 1 aromatic rings. The van der Waals surface area contributed by atoms with Crippen molar-refractivity contribution in [3.05, 3.63) is 29.3 Å². The van der Waals surface area contributed by atoms with Gasteiger partial charge in [0, 0.05) is 18.7 Å². The number of hydrogen-bond acceptors (Lipinski definition) is 3. The average Bonchev–Trinajstić information content (AvgIpc) is 2.34. The Labute approximate surface area is 95.3 Å². The molecule has 0 spiro atoms. The molecule has 0 radical (unpaired) electrons. The van der Waals surface area contributed by atoms with Crippen LogP contribution in [0.4, 0.5) is 5.69 Å². The zero-order valence-corrected chi connectivity index (χ0v) is 8.83. The van der Waals surface area contributed by atoms with E-state index in [9.17, 15) is 0 Å². The van der Waals surface area contributed by atoms with Crippen molar-refractivity contribution in [1.82, 2.24) is 0 Å². The van der Waals surface area contributed by atoms with E-state index < -0.39 is 0 Å². The summed E-state index contributed by atoms with van der Waals surface area (Å²) >= 11 is 0. The Bertz CT molecular complexity index is 483. The van der Waals surface area contributed by atoms with Gasteiger partial charge in [0.1, 0.15) is 12.1 Å². The van der Waals surface area contributed by atoms with E-state index in [2.05, 4.69) is 11.2 Å². The largest absolute Gasteiger partial charge is 0.385 e. The predicted molar refractivity (Wildman–Crippen MR) is 62.4 cm³/mol. The molecular formula is C13H11N3. The molecule has 0 aromatic heterocycles. The van der Waals surface area contributed by atoms with Gasteiger partial charge >= 0.3 is 0 Å². The van der Waals surface area contributed by atoms with Gasteiger partial charge in [-0.2, -0.15) is 10.5 Å². The molecule has 3 heteroatoms. The standard InChI is InChI=1S/C13H11N3/c1-2-3-4-7-16-13-6-5-11(9-14)12(8-13)10-15/h1,5-6,8,16H,3-4,7H2. The number of nitriles is 2. The Hall–Kier alpha value is -2.44. The van der Waals surface area contributed by atoms with Crippen LogP contribution in [-0.4, -0.2) is 6.54 Å². The molecule has 1 rings (SSSR count). The number of terminal acetylenes is 1. The van der Waals surface area contributed by atoms with Crippen molar-refractivity contribution in [2.24, 2.45) is 0 Å². The molecule has 0 aliphatic rings. The summed E-state index contributed by atoms with van der Waals surface area (Å²) in [6, 6.07) is 9.07. The first kappa shape index (κ1) is 11.6. The summed E-state index contributed by atoms with van der Waals surface area (Å²) in [6.45, 7) is 0.765. The Morgan fingerprint density at radius 1 is 1.19 bits per heavy atom. The van der Waals surface area contributed by atoms with E-state index in [1.165, 1.54) is 0 Å². The number of hydrogen-bond donors (Lipinski definition) is 1. The molecule has 3 nitrogen and oxygen atoms in total. The lowest BCUT2D eigenvalue weighted by Gasteiger charge is -2.05. The number of nitrogens with zero attached hydrogens (tertiary/aromatic N) is 2.